The summed E-state index contributed by atoms with van der Waals surface area (Å²) in [5, 5.41) is 0. The molecule has 0 amide bonds. The van der Waals surface area contributed by atoms with Crippen LogP contribution in [0.2, 0.25) is 0 Å². The van der Waals surface area contributed by atoms with Crippen LogP contribution in [0.1, 0.15) is 22.4 Å². The molecule has 2 aromatic carbocycles. The molecule has 0 fully saturated rings. The molecule has 0 spiro atoms. The van der Waals surface area contributed by atoms with Crippen molar-refractivity contribution in [2.75, 3.05) is 13.7 Å². The summed E-state index contributed by atoms with van der Waals surface area (Å²) in [5.74, 6) is 0.284. The Morgan fingerprint density at radius 3 is 2.58 bits per heavy atom. The van der Waals surface area contributed by atoms with Gasteiger partial charge < -0.3 is 9.72 Å². The summed E-state index contributed by atoms with van der Waals surface area (Å²) >= 11 is 0. The summed E-state index contributed by atoms with van der Waals surface area (Å²) in [4.78, 5) is 21.7. The number of hydrogen-bond donors (Lipinski definition) is 1. The van der Waals surface area contributed by atoms with Gasteiger partial charge in [-0.15, -0.1) is 0 Å². The first-order valence-electron chi connectivity index (χ1n) is 9.59. The molecule has 4 rings (SSSR count). The standard InChI is InChI=1S/C22H19F4N3O2/c1-31-19-4-2-3-17(23)15(19)11-29-10-9-18-16(12-29)21(30)28-20(27-18)13-5-7-14(8-6-13)22(24,25)26/h2-8H,9-12H2,1H3,(H,27,28,30). The summed E-state index contributed by atoms with van der Waals surface area (Å²) < 4.78 is 57.8. The van der Waals surface area contributed by atoms with Crippen LogP contribution in [0.5, 0.6) is 5.75 Å². The zero-order chi connectivity index (χ0) is 22.2. The van der Waals surface area contributed by atoms with Gasteiger partial charge in [-0.25, -0.2) is 9.37 Å². The first-order valence-corrected chi connectivity index (χ1v) is 9.59. The molecule has 1 aromatic heterocycles. The van der Waals surface area contributed by atoms with Crippen LogP contribution in [0.15, 0.2) is 47.3 Å². The second-order valence-corrected chi connectivity index (χ2v) is 7.30. The lowest BCUT2D eigenvalue weighted by Gasteiger charge is -2.28. The van der Waals surface area contributed by atoms with Crippen LogP contribution < -0.4 is 10.3 Å². The number of H-pyrrole nitrogens is 1. The molecule has 2 heterocycles. The topological polar surface area (TPSA) is 58.2 Å². The quantitative estimate of drug-likeness (QED) is 0.628. The Kier molecular flexibility index (Phi) is 5.53. The van der Waals surface area contributed by atoms with E-state index in [1.807, 2.05) is 4.90 Å². The first-order chi connectivity index (χ1) is 14.8. The Bertz CT molecular complexity index is 1160. The highest BCUT2D eigenvalue weighted by Crippen LogP contribution is 2.30. The number of benzene rings is 2. The zero-order valence-electron chi connectivity index (χ0n) is 16.6. The van der Waals surface area contributed by atoms with Gasteiger partial charge in [0, 0.05) is 37.2 Å². The maximum absolute atomic E-state index is 14.3. The van der Waals surface area contributed by atoms with E-state index in [1.54, 1.807) is 12.1 Å². The molecule has 1 aliphatic heterocycles. The van der Waals surface area contributed by atoms with Gasteiger partial charge >= 0.3 is 6.18 Å². The van der Waals surface area contributed by atoms with E-state index in [-0.39, 0.29) is 30.3 Å². The third-order valence-electron chi connectivity index (χ3n) is 5.31. The fraction of sp³-hybridized carbons (Fsp3) is 0.273. The average molecular weight is 433 g/mol. The number of aromatic nitrogens is 2. The molecule has 0 aliphatic carbocycles. The molecule has 1 aliphatic rings. The highest BCUT2D eigenvalue weighted by Gasteiger charge is 2.30. The van der Waals surface area contributed by atoms with E-state index < -0.39 is 11.7 Å². The number of rotatable bonds is 4. The minimum atomic E-state index is -4.43. The lowest BCUT2D eigenvalue weighted by molar-refractivity contribution is -0.137. The number of halogens is 4. The van der Waals surface area contributed by atoms with Crippen LogP contribution in [0.4, 0.5) is 17.6 Å². The van der Waals surface area contributed by atoms with Gasteiger partial charge in [0.2, 0.25) is 0 Å². The van der Waals surface area contributed by atoms with E-state index in [1.165, 1.54) is 25.3 Å². The van der Waals surface area contributed by atoms with Crippen molar-refractivity contribution in [3.05, 3.63) is 81.0 Å². The molecular formula is C22H19F4N3O2. The van der Waals surface area contributed by atoms with Crippen LogP contribution in [0.3, 0.4) is 0 Å². The van der Waals surface area contributed by atoms with Gasteiger partial charge in [0.15, 0.2) is 0 Å². The Morgan fingerprint density at radius 2 is 1.90 bits per heavy atom. The van der Waals surface area contributed by atoms with E-state index in [0.717, 1.165) is 12.1 Å². The SMILES string of the molecule is COc1cccc(F)c1CN1CCc2nc(-c3ccc(C(F)(F)F)cc3)[nH]c(=O)c2C1. The van der Waals surface area contributed by atoms with E-state index in [9.17, 15) is 22.4 Å². The Hall–Kier alpha value is -3.20. The molecule has 0 saturated carbocycles. The van der Waals surface area contributed by atoms with Gasteiger partial charge in [0.1, 0.15) is 17.4 Å². The van der Waals surface area contributed by atoms with Crippen molar-refractivity contribution in [3.8, 4) is 17.1 Å². The molecule has 162 valence electrons. The first kappa shape index (κ1) is 21.0. The fourth-order valence-corrected chi connectivity index (χ4v) is 3.68. The van der Waals surface area contributed by atoms with Crippen molar-refractivity contribution in [1.29, 1.82) is 0 Å². The monoisotopic (exact) mass is 433 g/mol. The van der Waals surface area contributed by atoms with Crippen molar-refractivity contribution in [3.63, 3.8) is 0 Å². The molecular weight excluding hydrogens is 414 g/mol. The molecule has 0 saturated heterocycles. The van der Waals surface area contributed by atoms with Gasteiger partial charge in [-0.05, 0) is 24.3 Å². The predicted molar refractivity (Wildman–Crippen MR) is 106 cm³/mol. The summed E-state index contributed by atoms with van der Waals surface area (Å²) in [5.41, 5.74) is 0.749. The fourth-order valence-electron chi connectivity index (χ4n) is 3.68. The molecule has 3 aromatic rings. The number of fused-ring (bicyclic) bond motifs is 1. The van der Waals surface area contributed by atoms with E-state index >= 15 is 0 Å². The predicted octanol–water partition coefficient (Wildman–Crippen LogP) is 4.16. The highest BCUT2D eigenvalue weighted by atomic mass is 19.4. The minimum Gasteiger partial charge on any atom is -0.496 e. The van der Waals surface area contributed by atoms with Gasteiger partial charge in [0.05, 0.1) is 23.9 Å². The second kappa shape index (κ2) is 8.14. The number of aromatic amines is 1. The summed E-state index contributed by atoms with van der Waals surface area (Å²) in [6.45, 7) is 1.10. The maximum Gasteiger partial charge on any atom is 0.416 e. The molecule has 1 N–H and O–H groups in total. The number of nitrogens with one attached hydrogen (secondary N) is 1. The zero-order valence-corrected chi connectivity index (χ0v) is 16.6. The number of methoxy groups -OCH3 is 1. The van der Waals surface area contributed by atoms with Gasteiger partial charge in [-0.2, -0.15) is 13.2 Å². The molecule has 9 heteroatoms. The Morgan fingerprint density at radius 1 is 1.16 bits per heavy atom. The van der Waals surface area contributed by atoms with Gasteiger partial charge in [-0.1, -0.05) is 18.2 Å². The van der Waals surface area contributed by atoms with E-state index in [2.05, 4.69) is 9.97 Å². The third kappa shape index (κ3) is 4.32. The number of hydrogen-bond acceptors (Lipinski definition) is 4. The maximum atomic E-state index is 14.3. The lowest BCUT2D eigenvalue weighted by atomic mass is 10.0. The van der Waals surface area contributed by atoms with Crippen molar-refractivity contribution in [1.82, 2.24) is 14.9 Å². The molecule has 5 nitrogen and oxygen atoms in total. The minimum absolute atomic E-state index is 0.224. The lowest BCUT2D eigenvalue weighted by Crippen LogP contribution is -2.35. The normalized spacial score (nSPS) is 14.4. The number of ether oxygens (including phenoxy) is 1. The molecule has 0 unspecified atom stereocenters. The van der Waals surface area contributed by atoms with Crippen molar-refractivity contribution in [2.45, 2.75) is 25.7 Å². The number of nitrogens with zero attached hydrogens (tertiary/aromatic N) is 2. The van der Waals surface area contributed by atoms with Gasteiger partial charge in [0.25, 0.3) is 5.56 Å². The Balaban J connectivity index is 1.58. The molecule has 0 bridgehead atoms. The van der Waals surface area contributed by atoms with Crippen LogP contribution >= 0.6 is 0 Å². The van der Waals surface area contributed by atoms with Crippen LogP contribution in [-0.4, -0.2) is 28.5 Å². The molecule has 0 atom stereocenters. The van der Waals surface area contributed by atoms with E-state index in [4.69, 9.17) is 4.74 Å². The van der Waals surface area contributed by atoms with Crippen molar-refractivity contribution < 1.29 is 22.3 Å². The molecule has 0 radical (unpaired) electrons. The summed E-state index contributed by atoms with van der Waals surface area (Å²) in [6.07, 6.45) is -3.97. The van der Waals surface area contributed by atoms with Crippen LogP contribution in [-0.2, 0) is 25.7 Å². The Labute approximate surface area is 175 Å². The summed E-state index contributed by atoms with van der Waals surface area (Å²) in [7, 11) is 1.47. The summed E-state index contributed by atoms with van der Waals surface area (Å²) in [6, 6.07) is 9.10. The average Bonchev–Trinajstić information content (AvgIpc) is 2.75. The van der Waals surface area contributed by atoms with E-state index in [0.29, 0.717) is 41.1 Å². The highest BCUT2D eigenvalue weighted by molar-refractivity contribution is 5.56. The number of alkyl halides is 3. The van der Waals surface area contributed by atoms with Crippen LogP contribution in [0.25, 0.3) is 11.4 Å². The smallest absolute Gasteiger partial charge is 0.416 e. The molecule has 31 heavy (non-hydrogen) atoms. The van der Waals surface area contributed by atoms with Gasteiger partial charge in [-0.3, -0.25) is 9.69 Å². The largest absolute Gasteiger partial charge is 0.496 e. The van der Waals surface area contributed by atoms with Crippen molar-refractivity contribution in [2.24, 2.45) is 0 Å². The third-order valence-corrected chi connectivity index (χ3v) is 5.31. The van der Waals surface area contributed by atoms with Crippen LogP contribution in [0, 0.1) is 5.82 Å². The second-order valence-electron chi connectivity index (χ2n) is 7.30. The van der Waals surface area contributed by atoms with Crippen molar-refractivity contribution >= 4 is 0 Å².